The molecule has 1 atom stereocenters. The van der Waals surface area contributed by atoms with Gasteiger partial charge in [0.05, 0.1) is 5.69 Å². The van der Waals surface area contributed by atoms with Gasteiger partial charge in [-0.15, -0.1) is 0 Å². The molecule has 1 aliphatic heterocycles. The van der Waals surface area contributed by atoms with Gasteiger partial charge < -0.3 is 4.90 Å². The first-order chi connectivity index (χ1) is 8.29. The van der Waals surface area contributed by atoms with Gasteiger partial charge in [-0.05, 0) is 12.1 Å². The Morgan fingerprint density at radius 2 is 2.00 bits per heavy atom. The lowest BCUT2D eigenvalue weighted by molar-refractivity contribution is -0.117. The molecule has 0 saturated carbocycles. The molecule has 1 aromatic rings. The van der Waals surface area contributed by atoms with Crippen LogP contribution < -0.4 is 10.0 Å². The number of hydrogen-bond acceptors (Lipinski definition) is 3. The third-order valence-electron chi connectivity index (χ3n) is 2.75. The van der Waals surface area contributed by atoms with Crippen LogP contribution in [0, 0.1) is 11.6 Å². The van der Waals surface area contributed by atoms with Gasteiger partial charge in [-0.2, -0.15) is 0 Å². The zero-order chi connectivity index (χ0) is 13.5. The average molecular weight is 276 g/mol. The Balaban J connectivity index is 2.33. The minimum Gasteiger partial charge on any atom is -0.308 e. The Labute approximate surface area is 102 Å². The fraction of sp³-hybridized carbons (Fsp3) is 0.300. The number of amides is 1. The fourth-order valence-corrected chi connectivity index (χ4v) is 2.56. The van der Waals surface area contributed by atoms with E-state index in [0.29, 0.717) is 6.07 Å². The molecule has 1 amide bonds. The number of halogens is 2. The lowest BCUT2D eigenvalue weighted by atomic mass is 10.2. The maximum atomic E-state index is 13.5. The molecule has 5 nitrogen and oxygen atoms in total. The molecule has 1 saturated heterocycles. The molecule has 1 aliphatic rings. The number of nitrogens with zero attached hydrogens (tertiary/aromatic N) is 1. The second kappa shape index (κ2) is 4.29. The summed E-state index contributed by atoms with van der Waals surface area (Å²) in [6.45, 7) is -0.222. The Bertz CT molecular complexity index is 603. The summed E-state index contributed by atoms with van der Waals surface area (Å²) >= 11 is 0. The molecule has 1 heterocycles. The molecule has 1 fully saturated rings. The number of anilines is 1. The second-order valence-corrected chi connectivity index (χ2v) is 5.86. The van der Waals surface area contributed by atoms with E-state index in [1.807, 2.05) is 0 Å². The van der Waals surface area contributed by atoms with Crippen molar-refractivity contribution in [3.05, 3.63) is 29.8 Å². The lowest BCUT2D eigenvalue weighted by Gasteiger charge is -2.16. The van der Waals surface area contributed by atoms with Crippen molar-refractivity contribution >= 4 is 21.6 Å². The second-order valence-electron chi connectivity index (χ2n) is 4.02. The van der Waals surface area contributed by atoms with Crippen molar-refractivity contribution in [2.75, 3.05) is 11.4 Å². The SMILES string of the molecule is NS(=O)(=O)C1CC(=O)N(c2ccc(F)cc2F)C1. The molecule has 0 spiro atoms. The number of rotatable bonds is 2. The van der Waals surface area contributed by atoms with Crippen molar-refractivity contribution in [3.8, 4) is 0 Å². The molecule has 18 heavy (non-hydrogen) atoms. The number of carbonyl (C=O) groups is 1. The van der Waals surface area contributed by atoms with Gasteiger partial charge in [-0.3, -0.25) is 4.79 Å². The van der Waals surface area contributed by atoms with Crippen molar-refractivity contribution in [2.24, 2.45) is 5.14 Å². The Morgan fingerprint density at radius 3 is 2.50 bits per heavy atom. The average Bonchev–Trinajstić information content (AvgIpc) is 2.60. The van der Waals surface area contributed by atoms with E-state index in [2.05, 4.69) is 0 Å². The minimum atomic E-state index is -3.86. The maximum Gasteiger partial charge on any atom is 0.228 e. The predicted molar refractivity (Wildman–Crippen MR) is 60.2 cm³/mol. The van der Waals surface area contributed by atoms with Gasteiger partial charge in [0.1, 0.15) is 16.9 Å². The van der Waals surface area contributed by atoms with E-state index in [9.17, 15) is 22.0 Å². The van der Waals surface area contributed by atoms with E-state index in [0.717, 1.165) is 17.0 Å². The van der Waals surface area contributed by atoms with Crippen LogP contribution in [0.25, 0.3) is 0 Å². The van der Waals surface area contributed by atoms with Crippen LogP contribution in [-0.2, 0) is 14.8 Å². The zero-order valence-electron chi connectivity index (χ0n) is 9.14. The summed E-state index contributed by atoms with van der Waals surface area (Å²) in [5.74, 6) is -2.25. The Morgan fingerprint density at radius 1 is 1.33 bits per heavy atom. The highest BCUT2D eigenvalue weighted by Crippen LogP contribution is 2.27. The molecule has 98 valence electrons. The number of primary sulfonamides is 1. The van der Waals surface area contributed by atoms with Crippen LogP contribution in [0.2, 0.25) is 0 Å². The molecule has 0 aromatic heterocycles. The van der Waals surface area contributed by atoms with Crippen LogP contribution in [0.5, 0.6) is 0 Å². The van der Waals surface area contributed by atoms with Gasteiger partial charge >= 0.3 is 0 Å². The molecular formula is C10H10F2N2O3S. The minimum absolute atomic E-state index is 0.146. The number of carbonyl (C=O) groups excluding carboxylic acids is 1. The van der Waals surface area contributed by atoms with Gasteiger partial charge in [0, 0.05) is 19.0 Å². The van der Waals surface area contributed by atoms with Crippen LogP contribution in [0.15, 0.2) is 18.2 Å². The summed E-state index contributed by atoms with van der Waals surface area (Å²) in [6.07, 6.45) is -0.296. The number of benzene rings is 1. The third kappa shape index (κ3) is 2.34. The quantitative estimate of drug-likeness (QED) is 0.846. The molecule has 1 aromatic carbocycles. The lowest BCUT2D eigenvalue weighted by Crippen LogP contribution is -2.32. The Kier molecular flexibility index (Phi) is 3.07. The summed E-state index contributed by atoms with van der Waals surface area (Å²) in [6, 6.07) is 2.72. The van der Waals surface area contributed by atoms with Crippen LogP contribution in [0.4, 0.5) is 14.5 Å². The van der Waals surface area contributed by atoms with E-state index >= 15 is 0 Å². The van der Waals surface area contributed by atoms with Crippen LogP contribution >= 0.6 is 0 Å². The topological polar surface area (TPSA) is 80.5 Å². The summed E-state index contributed by atoms with van der Waals surface area (Å²) < 4.78 is 48.5. The molecule has 2 rings (SSSR count). The monoisotopic (exact) mass is 276 g/mol. The van der Waals surface area contributed by atoms with Crippen LogP contribution in [-0.4, -0.2) is 26.1 Å². The van der Waals surface area contributed by atoms with Crippen molar-refractivity contribution in [3.63, 3.8) is 0 Å². The molecule has 1 unspecified atom stereocenters. The molecular weight excluding hydrogens is 266 g/mol. The van der Waals surface area contributed by atoms with E-state index in [-0.39, 0.29) is 18.7 Å². The normalized spacial score (nSPS) is 20.5. The largest absolute Gasteiger partial charge is 0.308 e. The van der Waals surface area contributed by atoms with Crippen LogP contribution in [0.1, 0.15) is 6.42 Å². The van der Waals surface area contributed by atoms with Gasteiger partial charge in [0.2, 0.25) is 15.9 Å². The first kappa shape index (κ1) is 12.9. The van der Waals surface area contributed by atoms with Crippen molar-refractivity contribution < 1.29 is 22.0 Å². The zero-order valence-corrected chi connectivity index (χ0v) is 9.95. The van der Waals surface area contributed by atoms with E-state index < -0.39 is 32.8 Å². The maximum absolute atomic E-state index is 13.5. The van der Waals surface area contributed by atoms with Gasteiger partial charge in [0.25, 0.3) is 0 Å². The van der Waals surface area contributed by atoms with E-state index in [1.54, 1.807) is 0 Å². The number of sulfonamides is 1. The van der Waals surface area contributed by atoms with E-state index in [1.165, 1.54) is 0 Å². The van der Waals surface area contributed by atoms with Crippen molar-refractivity contribution in [1.82, 2.24) is 0 Å². The highest BCUT2D eigenvalue weighted by molar-refractivity contribution is 7.89. The molecule has 0 bridgehead atoms. The van der Waals surface area contributed by atoms with Gasteiger partial charge in [-0.25, -0.2) is 22.3 Å². The van der Waals surface area contributed by atoms with E-state index in [4.69, 9.17) is 5.14 Å². The molecule has 8 heteroatoms. The fourth-order valence-electron chi connectivity index (χ4n) is 1.83. The molecule has 0 radical (unpaired) electrons. The Hall–Kier alpha value is -1.54. The number of nitrogens with two attached hydrogens (primary N) is 1. The first-order valence-corrected chi connectivity index (χ1v) is 6.67. The van der Waals surface area contributed by atoms with Crippen molar-refractivity contribution in [1.29, 1.82) is 0 Å². The predicted octanol–water partition coefficient (Wildman–Crippen LogP) is 0.359. The third-order valence-corrected chi connectivity index (χ3v) is 4.00. The summed E-state index contributed by atoms with van der Waals surface area (Å²) in [5.41, 5.74) is -0.146. The standard InChI is InChI=1S/C10H10F2N2O3S/c11-6-1-2-9(8(12)3-6)14-5-7(4-10(14)15)18(13,16)17/h1-3,7H,4-5H2,(H2,13,16,17). The van der Waals surface area contributed by atoms with Crippen LogP contribution in [0.3, 0.4) is 0 Å². The highest BCUT2D eigenvalue weighted by Gasteiger charge is 2.38. The summed E-state index contributed by atoms with van der Waals surface area (Å²) in [5, 5.41) is 3.88. The summed E-state index contributed by atoms with van der Waals surface area (Å²) in [4.78, 5) is 12.6. The summed E-state index contributed by atoms with van der Waals surface area (Å²) in [7, 11) is -3.86. The molecule has 0 aliphatic carbocycles. The van der Waals surface area contributed by atoms with Gasteiger partial charge in [-0.1, -0.05) is 0 Å². The molecule has 2 N–H and O–H groups in total. The number of hydrogen-bond donors (Lipinski definition) is 1. The van der Waals surface area contributed by atoms with Crippen molar-refractivity contribution in [2.45, 2.75) is 11.7 Å². The highest BCUT2D eigenvalue weighted by atomic mass is 32.2. The smallest absolute Gasteiger partial charge is 0.228 e. The first-order valence-electron chi connectivity index (χ1n) is 5.06. The van der Waals surface area contributed by atoms with Gasteiger partial charge in [0.15, 0.2) is 0 Å².